The normalized spacial score (nSPS) is 12.1. The van der Waals surface area contributed by atoms with E-state index in [2.05, 4.69) is 111 Å². The molecule has 2 unspecified atom stereocenters. The molecule has 3 aromatic carbocycles. The number of methoxy groups -OCH3 is 2. The summed E-state index contributed by atoms with van der Waals surface area (Å²) in [6, 6.07) is 30.6. The first kappa shape index (κ1) is 40.3. The smallest absolute Gasteiger partial charge is 0.325 e. The summed E-state index contributed by atoms with van der Waals surface area (Å²) in [6.45, 7) is -0.304. The van der Waals surface area contributed by atoms with Crippen molar-refractivity contribution >= 4 is 68.5 Å². The maximum atomic E-state index is 12.8. The molecule has 0 fully saturated rings. The van der Waals surface area contributed by atoms with Gasteiger partial charge in [-0.05, 0) is 55.7 Å². The number of nitrogens with one attached hydrogen (secondary N) is 2. The fourth-order valence-corrected chi connectivity index (χ4v) is 11.6. The van der Waals surface area contributed by atoms with Gasteiger partial charge >= 0.3 is 11.9 Å². The molecular weight excluding hydrogens is 721 g/mol. The quantitative estimate of drug-likeness (QED) is 0.0678. The number of ether oxygens (including phenoxy) is 2. The van der Waals surface area contributed by atoms with Crippen LogP contribution in [0.15, 0.2) is 91.0 Å². The van der Waals surface area contributed by atoms with Crippen LogP contribution < -0.4 is 49.3 Å². The van der Waals surface area contributed by atoms with Crippen LogP contribution in [-0.4, -0.2) is 74.3 Å². The predicted molar refractivity (Wildman–Crippen MR) is 190 cm³/mol. The van der Waals surface area contributed by atoms with Gasteiger partial charge in [0.15, 0.2) is 0 Å². The van der Waals surface area contributed by atoms with E-state index in [1.165, 1.54) is 40.9 Å². The number of rotatable bonds is 19. The zero-order valence-corrected chi connectivity index (χ0v) is 30.8. The molecule has 13 heteroatoms. The SMILES string of the molecule is COC(=O)CNC(=O)C(CSSCCCC[P+](c1ccccc1)(c1ccccc1)c1ccccc1)NC(=O)CCC(N)C(=O)OC.[Br-]. The van der Waals surface area contributed by atoms with Gasteiger partial charge in [-0.2, -0.15) is 0 Å². The summed E-state index contributed by atoms with van der Waals surface area (Å²) < 4.78 is 9.20. The number of carbonyl (C=O) groups is 4. The van der Waals surface area contributed by atoms with E-state index >= 15 is 0 Å². The summed E-state index contributed by atoms with van der Waals surface area (Å²) >= 11 is 0. The van der Waals surface area contributed by atoms with Gasteiger partial charge in [-0.1, -0.05) is 76.2 Å². The molecule has 0 aliphatic heterocycles. The summed E-state index contributed by atoms with van der Waals surface area (Å²) in [5, 5.41) is 9.30. The van der Waals surface area contributed by atoms with Crippen molar-refractivity contribution in [2.45, 2.75) is 37.8 Å². The van der Waals surface area contributed by atoms with E-state index in [1.54, 1.807) is 10.8 Å². The number of esters is 2. The Labute approximate surface area is 296 Å². The number of halogens is 1. The standard InChI is InChI=1S/C34H42N3O6PS2.BrH/c1-42-32(39)24-36-33(40)30(37-31(38)21-20-29(35)34(41)43-2)25-46-45-23-13-12-22-44(26-14-6-3-7-15-26,27-16-8-4-9-17-27)28-18-10-5-11-19-28;/h3-11,14-19,29-30H,12-13,20-25,35H2,1-2H3,(H-,36,37,38,40);1H. The lowest BCUT2D eigenvalue weighted by atomic mass is 10.1. The highest BCUT2D eigenvalue weighted by Gasteiger charge is 2.44. The molecule has 2 amide bonds. The average Bonchev–Trinajstić information content (AvgIpc) is 3.10. The van der Waals surface area contributed by atoms with Crippen LogP contribution in [0.4, 0.5) is 0 Å². The Hall–Kier alpha value is -2.89. The molecule has 0 spiro atoms. The maximum absolute atomic E-state index is 12.8. The fourth-order valence-electron chi connectivity index (χ4n) is 4.93. The zero-order valence-electron chi connectivity index (χ0n) is 26.6. The monoisotopic (exact) mass is 763 g/mol. The summed E-state index contributed by atoms with van der Waals surface area (Å²) in [4.78, 5) is 48.5. The van der Waals surface area contributed by atoms with Gasteiger partial charge in [-0.25, -0.2) is 0 Å². The minimum atomic E-state index is -1.89. The molecule has 0 saturated carbocycles. The van der Waals surface area contributed by atoms with Gasteiger partial charge in [0.1, 0.15) is 41.8 Å². The topological polar surface area (TPSA) is 137 Å². The number of nitrogens with two attached hydrogens (primary N) is 1. The fraction of sp³-hybridized carbons (Fsp3) is 0.353. The minimum absolute atomic E-state index is 0. The maximum Gasteiger partial charge on any atom is 0.325 e. The Morgan fingerprint density at radius 2 is 1.32 bits per heavy atom. The Morgan fingerprint density at radius 3 is 1.81 bits per heavy atom. The van der Waals surface area contributed by atoms with E-state index in [0.717, 1.165) is 24.8 Å². The third-order valence-electron chi connectivity index (χ3n) is 7.35. The number of hydrogen-bond donors (Lipinski definition) is 3. The second kappa shape index (κ2) is 21.9. The molecule has 0 saturated heterocycles. The highest BCUT2D eigenvalue weighted by Crippen LogP contribution is 2.56. The molecule has 2 atom stereocenters. The number of unbranched alkanes of at least 4 members (excludes halogenated alkanes) is 1. The summed E-state index contributed by atoms with van der Waals surface area (Å²) in [6.07, 6.45) is 3.04. The van der Waals surface area contributed by atoms with Crippen LogP contribution in [0.5, 0.6) is 0 Å². The third-order valence-corrected chi connectivity index (χ3v) is 14.4. The van der Waals surface area contributed by atoms with Crippen LogP contribution in [0.25, 0.3) is 0 Å². The zero-order chi connectivity index (χ0) is 33.2. The molecule has 0 radical (unpaired) electrons. The molecule has 0 aliphatic rings. The average molecular weight is 765 g/mol. The Balaban J connectivity index is 0.00000768. The van der Waals surface area contributed by atoms with Crippen molar-refractivity contribution in [2.24, 2.45) is 5.73 Å². The van der Waals surface area contributed by atoms with Crippen molar-refractivity contribution in [1.82, 2.24) is 10.6 Å². The van der Waals surface area contributed by atoms with E-state index in [9.17, 15) is 19.2 Å². The Bertz CT molecular complexity index is 1300. The molecular formula is C34H43BrN3O6PS2. The van der Waals surface area contributed by atoms with E-state index in [0.29, 0.717) is 5.75 Å². The van der Waals surface area contributed by atoms with E-state index in [1.807, 2.05) is 0 Å². The number of hydrogen-bond acceptors (Lipinski definition) is 9. The van der Waals surface area contributed by atoms with E-state index in [4.69, 9.17) is 5.73 Å². The molecule has 9 nitrogen and oxygen atoms in total. The van der Waals surface area contributed by atoms with Gasteiger partial charge in [0.05, 0.1) is 20.4 Å². The molecule has 47 heavy (non-hydrogen) atoms. The second-order valence-corrected chi connectivity index (χ2v) is 16.7. The lowest BCUT2D eigenvalue weighted by Crippen LogP contribution is -3.00. The Morgan fingerprint density at radius 1 is 0.787 bits per heavy atom. The summed E-state index contributed by atoms with van der Waals surface area (Å²) in [5.74, 6) is -0.964. The van der Waals surface area contributed by atoms with Crippen LogP contribution in [0.2, 0.25) is 0 Å². The first-order valence-electron chi connectivity index (χ1n) is 15.1. The van der Waals surface area contributed by atoms with Crippen molar-refractivity contribution < 1.29 is 45.6 Å². The largest absolute Gasteiger partial charge is 1.00 e. The molecule has 0 aromatic heterocycles. The lowest BCUT2D eigenvalue weighted by molar-refractivity contribution is -0.142. The molecule has 4 N–H and O–H groups in total. The molecule has 0 heterocycles. The van der Waals surface area contributed by atoms with Gasteiger partial charge < -0.3 is 42.8 Å². The first-order chi connectivity index (χ1) is 22.3. The van der Waals surface area contributed by atoms with Gasteiger partial charge in [-0.15, -0.1) is 0 Å². The predicted octanol–water partition coefficient (Wildman–Crippen LogP) is 0.201. The molecule has 0 bridgehead atoms. The number of carbonyl (C=O) groups excluding carboxylic acids is 4. The highest BCUT2D eigenvalue weighted by atomic mass is 79.9. The minimum Gasteiger partial charge on any atom is -1.00 e. The van der Waals surface area contributed by atoms with Crippen LogP contribution >= 0.6 is 28.9 Å². The van der Waals surface area contributed by atoms with Gasteiger partial charge in [0.2, 0.25) is 11.8 Å². The first-order valence-corrected chi connectivity index (χ1v) is 19.5. The third kappa shape index (κ3) is 12.6. The number of amides is 2. The Kier molecular flexibility index (Phi) is 18.8. The second-order valence-electron chi connectivity index (χ2n) is 10.4. The van der Waals surface area contributed by atoms with Crippen LogP contribution in [-0.2, 0) is 28.7 Å². The van der Waals surface area contributed by atoms with Crippen LogP contribution in [0.3, 0.4) is 0 Å². The highest BCUT2D eigenvalue weighted by molar-refractivity contribution is 8.76. The van der Waals surface area contributed by atoms with Crippen molar-refractivity contribution in [3.05, 3.63) is 91.0 Å². The molecule has 3 aromatic rings. The number of benzene rings is 3. The van der Waals surface area contributed by atoms with Gasteiger partial charge in [0, 0.05) is 17.9 Å². The molecule has 254 valence electrons. The van der Waals surface area contributed by atoms with Gasteiger partial charge in [-0.3, -0.25) is 19.2 Å². The van der Waals surface area contributed by atoms with Crippen molar-refractivity contribution in [2.75, 3.05) is 38.4 Å². The summed E-state index contributed by atoms with van der Waals surface area (Å²) in [5.41, 5.74) is 5.74. The van der Waals surface area contributed by atoms with Crippen LogP contribution in [0.1, 0.15) is 25.7 Å². The van der Waals surface area contributed by atoms with Crippen molar-refractivity contribution in [3.8, 4) is 0 Å². The molecule has 0 aliphatic carbocycles. The van der Waals surface area contributed by atoms with Crippen molar-refractivity contribution in [1.29, 1.82) is 0 Å². The van der Waals surface area contributed by atoms with Crippen LogP contribution in [0, 0.1) is 0 Å². The van der Waals surface area contributed by atoms with E-state index in [-0.39, 0.29) is 36.4 Å². The van der Waals surface area contributed by atoms with Crippen molar-refractivity contribution in [3.63, 3.8) is 0 Å². The molecule has 3 rings (SSSR count). The lowest BCUT2D eigenvalue weighted by Gasteiger charge is -2.27. The van der Waals surface area contributed by atoms with E-state index < -0.39 is 43.1 Å². The summed E-state index contributed by atoms with van der Waals surface area (Å²) in [7, 11) is 3.70. The van der Waals surface area contributed by atoms with Gasteiger partial charge in [0.25, 0.3) is 0 Å².